The Kier molecular flexibility index (Phi) is 2.06. The lowest BCUT2D eigenvalue weighted by atomic mass is 9.52. The number of fused-ring (bicyclic) bond motifs is 1. The highest BCUT2D eigenvalue weighted by atomic mass is 16.1. The fraction of sp³-hybridized carbons (Fsp3) is 0.812. The van der Waals surface area contributed by atoms with Crippen molar-refractivity contribution in [2.45, 2.75) is 59.8 Å². The van der Waals surface area contributed by atoms with Crippen LogP contribution in [0.4, 0.5) is 0 Å². The Labute approximate surface area is 105 Å². The van der Waals surface area contributed by atoms with Gasteiger partial charge in [0.25, 0.3) is 0 Å². The normalized spacial score (nSPS) is 41.5. The second kappa shape index (κ2) is 3.05. The molecule has 0 amide bonds. The van der Waals surface area contributed by atoms with Gasteiger partial charge in [0.05, 0.1) is 0 Å². The monoisotopic (exact) mass is 232 g/mol. The lowest BCUT2D eigenvalue weighted by Crippen LogP contribution is -2.43. The van der Waals surface area contributed by atoms with Gasteiger partial charge in [-0.3, -0.25) is 4.79 Å². The molecule has 1 nitrogen and oxygen atoms in total. The van der Waals surface area contributed by atoms with E-state index in [1.807, 2.05) is 0 Å². The molecule has 0 heterocycles. The first kappa shape index (κ1) is 11.5. The number of allylic oxidation sites excluding steroid dienone is 2. The number of hydrogen-bond acceptors (Lipinski definition) is 1. The van der Waals surface area contributed by atoms with Gasteiger partial charge in [-0.05, 0) is 59.8 Å². The van der Waals surface area contributed by atoms with Gasteiger partial charge < -0.3 is 0 Å². The van der Waals surface area contributed by atoms with Crippen LogP contribution < -0.4 is 0 Å². The van der Waals surface area contributed by atoms with Crippen LogP contribution in [0.25, 0.3) is 0 Å². The Morgan fingerprint density at radius 3 is 2.53 bits per heavy atom. The number of hydrogen-bond donors (Lipinski definition) is 0. The molecule has 0 unspecified atom stereocenters. The van der Waals surface area contributed by atoms with Crippen molar-refractivity contribution >= 4 is 6.29 Å². The van der Waals surface area contributed by atoms with Crippen molar-refractivity contribution in [1.82, 2.24) is 0 Å². The zero-order valence-electron chi connectivity index (χ0n) is 11.6. The topological polar surface area (TPSA) is 17.1 Å². The molecule has 0 radical (unpaired) electrons. The Bertz CT molecular complexity index is 413. The lowest BCUT2D eigenvalue weighted by molar-refractivity contribution is -0.105. The van der Waals surface area contributed by atoms with Crippen LogP contribution in [0.15, 0.2) is 11.1 Å². The van der Waals surface area contributed by atoms with E-state index in [2.05, 4.69) is 27.7 Å². The summed E-state index contributed by atoms with van der Waals surface area (Å²) in [5.41, 5.74) is 3.71. The molecule has 3 aliphatic rings. The van der Waals surface area contributed by atoms with E-state index in [0.717, 1.165) is 24.2 Å². The smallest absolute Gasteiger partial charge is 0.146 e. The number of carbonyl (C=O) groups is 1. The second-order valence-electron chi connectivity index (χ2n) is 7.65. The van der Waals surface area contributed by atoms with Crippen LogP contribution in [0.5, 0.6) is 0 Å². The largest absolute Gasteiger partial charge is 0.298 e. The maximum atomic E-state index is 11.4. The predicted octanol–water partition coefficient (Wildman–Crippen LogP) is 4.13. The molecule has 2 atom stereocenters. The van der Waals surface area contributed by atoms with Crippen LogP contribution in [0.2, 0.25) is 0 Å². The molecular formula is C16H24O. The summed E-state index contributed by atoms with van der Waals surface area (Å²) < 4.78 is 0. The van der Waals surface area contributed by atoms with E-state index >= 15 is 0 Å². The van der Waals surface area contributed by atoms with Gasteiger partial charge in [0.1, 0.15) is 6.29 Å². The van der Waals surface area contributed by atoms with E-state index in [1.54, 1.807) is 5.57 Å². The van der Waals surface area contributed by atoms with Crippen molar-refractivity contribution in [3.05, 3.63) is 11.1 Å². The summed E-state index contributed by atoms with van der Waals surface area (Å²) in [5, 5.41) is 0. The summed E-state index contributed by atoms with van der Waals surface area (Å²) in [7, 11) is 0. The van der Waals surface area contributed by atoms with Crippen LogP contribution >= 0.6 is 0 Å². The Balaban J connectivity index is 2.26. The van der Waals surface area contributed by atoms with Crippen molar-refractivity contribution in [2.24, 2.45) is 22.2 Å². The average molecular weight is 232 g/mol. The van der Waals surface area contributed by atoms with Crippen LogP contribution in [-0.4, -0.2) is 6.29 Å². The van der Waals surface area contributed by atoms with Gasteiger partial charge in [-0.25, -0.2) is 0 Å². The molecule has 2 bridgehead atoms. The molecule has 1 heteroatoms. The van der Waals surface area contributed by atoms with E-state index in [9.17, 15) is 4.79 Å². The molecule has 2 fully saturated rings. The molecule has 1 spiro atoms. The Hall–Kier alpha value is -0.590. The zero-order chi connectivity index (χ0) is 12.5. The van der Waals surface area contributed by atoms with E-state index in [0.29, 0.717) is 10.8 Å². The van der Waals surface area contributed by atoms with Gasteiger partial charge in [-0.15, -0.1) is 0 Å². The molecule has 17 heavy (non-hydrogen) atoms. The fourth-order valence-electron chi connectivity index (χ4n) is 5.31. The van der Waals surface area contributed by atoms with E-state index in [1.165, 1.54) is 25.7 Å². The van der Waals surface area contributed by atoms with Gasteiger partial charge in [0.15, 0.2) is 0 Å². The molecule has 3 rings (SSSR count). The van der Waals surface area contributed by atoms with Crippen LogP contribution in [0, 0.1) is 22.2 Å². The molecule has 0 aliphatic heterocycles. The third kappa shape index (κ3) is 1.14. The number of aldehydes is 1. The van der Waals surface area contributed by atoms with Crippen molar-refractivity contribution < 1.29 is 4.79 Å². The number of carbonyl (C=O) groups excluding carboxylic acids is 1. The fourth-order valence-corrected chi connectivity index (χ4v) is 5.31. The number of rotatable bonds is 1. The van der Waals surface area contributed by atoms with Crippen LogP contribution in [-0.2, 0) is 4.79 Å². The van der Waals surface area contributed by atoms with Crippen molar-refractivity contribution in [1.29, 1.82) is 0 Å². The van der Waals surface area contributed by atoms with Gasteiger partial charge in [0, 0.05) is 0 Å². The Morgan fingerprint density at radius 1 is 1.18 bits per heavy atom. The first-order chi connectivity index (χ1) is 7.85. The quantitative estimate of drug-likeness (QED) is 0.621. The van der Waals surface area contributed by atoms with Gasteiger partial charge >= 0.3 is 0 Å². The molecule has 2 saturated carbocycles. The molecular weight excluding hydrogens is 208 g/mol. The van der Waals surface area contributed by atoms with Crippen LogP contribution in [0.3, 0.4) is 0 Å². The summed E-state index contributed by atoms with van der Waals surface area (Å²) >= 11 is 0. The minimum atomic E-state index is 0.270. The maximum absolute atomic E-state index is 11.4. The molecule has 0 aromatic rings. The SMILES string of the molecule is CC1(C)C2=C(C=O)CCC(C)(C)[C@]23CC[C@H]1C3. The third-order valence-corrected chi connectivity index (χ3v) is 6.44. The maximum Gasteiger partial charge on any atom is 0.146 e. The minimum Gasteiger partial charge on any atom is -0.298 e. The third-order valence-electron chi connectivity index (χ3n) is 6.44. The van der Waals surface area contributed by atoms with Crippen LogP contribution in [0.1, 0.15) is 59.8 Å². The zero-order valence-corrected chi connectivity index (χ0v) is 11.6. The minimum absolute atomic E-state index is 0.270. The Morgan fingerprint density at radius 2 is 1.88 bits per heavy atom. The molecule has 0 N–H and O–H groups in total. The van der Waals surface area contributed by atoms with E-state index < -0.39 is 0 Å². The van der Waals surface area contributed by atoms with Gasteiger partial charge in [-0.2, -0.15) is 0 Å². The molecule has 0 aromatic heterocycles. The summed E-state index contributed by atoms with van der Waals surface area (Å²) in [6, 6.07) is 0. The second-order valence-corrected chi connectivity index (χ2v) is 7.65. The standard InChI is InChI=1S/C16H24O/c1-14(2)7-5-11(10-17)13-15(3,4)12-6-8-16(13,14)9-12/h10,12H,5-9H2,1-4H3/t12-,16-/m0/s1. The molecule has 0 saturated heterocycles. The lowest BCUT2D eigenvalue weighted by Gasteiger charge is -2.52. The summed E-state index contributed by atoms with van der Waals surface area (Å²) in [6.07, 6.45) is 7.37. The highest BCUT2D eigenvalue weighted by molar-refractivity contribution is 5.77. The highest BCUT2D eigenvalue weighted by Crippen LogP contribution is 2.74. The molecule has 0 aromatic carbocycles. The average Bonchev–Trinajstić information content (AvgIpc) is 2.76. The predicted molar refractivity (Wildman–Crippen MR) is 69.7 cm³/mol. The van der Waals surface area contributed by atoms with Crippen molar-refractivity contribution in [3.8, 4) is 0 Å². The first-order valence-electron chi connectivity index (χ1n) is 7.04. The van der Waals surface area contributed by atoms with Crippen molar-refractivity contribution in [2.75, 3.05) is 0 Å². The molecule has 94 valence electrons. The molecule has 3 aliphatic carbocycles. The summed E-state index contributed by atoms with van der Waals surface area (Å²) in [4.78, 5) is 11.4. The summed E-state index contributed by atoms with van der Waals surface area (Å²) in [5.74, 6) is 0.810. The van der Waals surface area contributed by atoms with E-state index in [4.69, 9.17) is 0 Å². The first-order valence-corrected chi connectivity index (χ1v) is 7.04. The van der Waals surface area contributed by atoms with Gasteiger partial charge in [0.2, 0.25) is 0 Å². The summed E-state index contributed by atoms with van der Waals surface area (Å²) in [6.45, 7) is 9.61. The van der Waals surface area contributed by atoms with Gasteiger partial charge in [-0.1, -0.05) is 33.3 Å². The highest BCUT2D eigenvalue weighted by Gasteiger charge is 2.65. The van der Waals surface area contributed by atoms with E-state index in [-0.39, 0.29) is 5.41 Å². The van der Waals surface area contributed by atoms with Crippen molar-refractivity contribution in [3.63, 3.8) is 0 Å².